The highest BCUT2D eigenvalue weighted by molar-refractivity contribution is 5.88. The van der Waals surface area contributed by atoms with Gasteiger partial charge in [-0.25, -0.2) is 0 Å². The summed E-state index contributed by atoms with van der Waals surface area (Å²) in [5.41, 5.74) is 5.40. The molecule has 1 heterocycles. The van der Waals surface area contributed by atoms with Gasteiger partial charge in [-0.15, -0.1) is 0 Å². The van der Waals surface area contributed by atoms with Gasteiger partial charge in [0.05, 0.1) is 0 Å². The Balaban J connectivity index is 2.40. The number of amidine groups is 1. The summed E-state index contributed by atoms with van der Waals surface area (Å²) in [5, 5.41) is 11.9. The lowest BCUT2D eigenvalue weighted by molar-refractivity contribution is 0.296. The molecule has 1 fully saturated rings. The fourth-order valence-corrected chi connectivity index (χ4v) is 1.94. The monoisotopic (exact) mass is 193 g/mol. The van der Waals surface area contributed by atoms with Crippen molar-refractivity contribution in [1.82, 2.24) is 4.57 Å². The third-order valence-electron chi connectivity index (χ3n) is 3.14. The van der Waals surface area contributed by atoms with Gasteiger partial charge >= 0.3 is 0 Å². The van der Waals surface area contributed by atoms with Crippen molar-refractivity contribution in [2.75, 3.05) is 0 Å². The average molecular weight is 193 g/mol. The van der Waals surface area contributed by atoms with E-state index in [0.29, 0.717) is 5.92 Å². The molecule has 76 valence electrons. The van der Waals surface area contributed by atoms with Gasteiger partial charge < -0.3 is 15.5 Å². The number of oxime groups is 1. The van der Waals surface area contributed by atoms with E-state index in [2.05, 4.69) is 5.16 Å². The van der Waals surface area contributed by atoms with Crippen molar-refractivity contribution in [2.45, 2.75) is 25.3 Å². The van der Waals surface area contributed by atoms with Crippen LogP contribution in [0.3, 0.4) is 0 Å². The highest BCUT2D eigenvalue weighted by atomic mass is 16.4. The van der Waals surface area contributed by atoms with E-state index in [4.69, 9.17) is 10.9 Å². The molecular weight excluding hydrogens is 178 g/mol. The molecule has 3 N–H and O–H groups in total. The molecule has 0 spiro atoms. The van der Waals surface area contributed by atoms with Crippen molar-refractivity contribution in [3.8, 4) is 0 Å². The molecule has 0 aliphatic heterocycles. The number of hydrogen-bond acceptors (Lipinski definition) is 2. The number of aromatic nitrogens is 1. The zero-order valence-electron chi connectivity index (χ0n) is 8.22. The first kappa shape index (κ1) is 9.12. The van der Waals surface area contributed by atoms with Crippen LogP contribution >= 0.6 is 0 Å². The smallest absolute Gasteiger partial charge is 0.165 e. The third kappa shape index (κ3) is 1.18. The highest BCUT2D eigenvalue weighted by Gasteiger charge is 2.46. The molecule has 14 heavy (non-hydrogen) atoms. The Morgan fingerprint density at radius 2 is 2.07 bits per heavy atom. The SMILES string of the molecule is C[C@@](C(N)=NO)(C1CC1)n1cccc1. The highest BCUT2D eigenvalue weighted by Crippen LogP contribution is 2.44. The number of rotatable bonds is 3. The summed E-state index contributed by atoms with van der Waals surface area (Å²) in [7, 11) is 0. The lowest BCUT2D eigenvalue weighted by Crippen LogP contribution is -2.45. The lowest BCUT2D eigenvalue weighted by atomic mass is 9.94. The van der Waals surface area contributed by atoms with Crippen LogP contribution in [0.15, 0.2) is 29.7 Å². The van der Waals surface area contributed by atoms with Gasteiger partial charge in [0.15, 0.2) is 5.84 Å². The third-order valence-corrected chi connectivity index (χ3v) is 3.14. The predicted octanol–water partition coefficient (Wildman–Crippen LogP) is 1.36. The number of hydrogen-bond donors (Lipinski definition) is 2. The summed E-state index contributed by atoms with van der Waals surface area (Å²) < 4.78 is 2.01. The predicted molar refractivity (Wildman–Crippen MR) is 54.2 cm³/mol. The minimum atomic E-state index is -0.363. The Morgan fingerprint density at radius 1 is 1.50 bits per heavy atom. The normalized spacial score (nSPS) is 21.9. The van der Waals surface area contributed by atoms with Gasteiger partial charge in [0.2, 0.25) is 0 Å². The summed E-state index contributed by atoms with van der Waals surface area (Å²) in [6.45, 7) is 2.01. The molecule has 0 unspecified atom stereocenters. The lowest BCUT2D eigenvalue weighted by Gasteiger charge is -2.30. The van der Waals surface area contributed by atoms with E-state index < -0.39 is 0 Å². The van der Waals surface area contributed by atoms with Crippen LogP contribution in [0.5, 0.6) is 0 Å². The quantitative estimate of drug-likeness (QED) is 0.329. The Kier molecular flexibility index (Phi) is 1.98. The van der Waals surface area contributed by atoms with Crippen LogP contribution < -0.4 is 5.73 Å². The molecular formula is C10H15N3O. The van der Waals surface area contributed by atoms with Crippen molar-refractivity contribution in [1.29, 1.82) is 0 Å². The van der Waals surface area contributed by atoms with Gasteiger partial charge in [-0.2, -0.15) is 0 Å². The van der Waals surface area contributed by atoms with Gasteiger partial charge in [-0.3, -0.25) is 0 Å². The first-order valence-corrected chi connectivity index (χ1v) is 4.81. The molecule has 1 aromatic heterocycles. The van der Waals surface area contributed by atoms with Gasteiger partial charge in [0.25, 0.3) is 0 Å². The number of nitrogens with zero attached hydrogens (tertiary/aromatic N) is 2. The van der Waals surface area contributed by atoms with Crippen LogP contribution in [0.2, 0.25) is 0 Å². The second kappa shape index (κ2) is 3.04. The molecule has 2 rings (SSSR count). The van der Waals surface area contributed by atoms with Crippen molar-refractivity contribution in [2.24, 2.45) is 16.8 Å². The van der Waals surface area contributed by atoms with E-state index in [9.17, 15) is 0 Å². The maximum Gasteiger partial charge on any atom is 0.165 e. The van der Waals surface area contributed by atoms with Crippen LogP contribution in [0.1, 0.15) is 19.8 Å². The van der Waals surface area contributed by atoms with Gasteiger partial charge in [-0.1, -0.05) is 5.16 Å². The summed E-state index contributed by atoms with van der Waals surface area (Å²) in [4.78, 5) is 0. The van der Waals surface area contributed by atoms with Gasteiger partial charge in [0, 0.05) is 12.4 Å². The van der Waals surface area contributed by atoms with E-state index in [-0.39, 0.29) is 11.4 Å². The summed E-state index contributed by atoms with van der Waals surface area (Å²) in [6.07, 6.45) is 6.20. The first-order valence-electron chi connectivity index (χ1n) is 4.81. The Morgan fingerprint density at radius 3 is 2.50 bits per heavy atom. The molecule has 1 atom stereocenters. The second-order valence-electron chi connectivity index (χ2n) is 4.00. The summed E-state index contributed by atoms with van der Waals surface area (Å²) in [6, 6.07) is 3.90. The number of nitrogens with two attached hydrogens (primary N) is 1. The maximum absolute atomic E-state index is 8.80. The molecule has 1 saturated carbocycles. The molecule has 0 radical (unpaired) electrons. The zero-order chi connectivity index (χ0) is 10.2. The van der Waals surface area contributed by atoms with Crippen LogP contribution in [-0.2, 0) is 5.54 Å². The van der Waals surface area contributed by atoms with E-state index in [1.807, 2.05) is 36.0 Å². The Labute approximate surface area is 83.0 Å². The van der Waals surface area contributed by atoms with E-state index in [1.54, 1.807) is 0 Å². The molecule has 4 heteroatoms. The first-order chi connectivity index (χ1) is 6.69. The van der Waals surface area contributed by atoms with Gasteiger partial charge in [0.1, 0.15) is 5.54 Å². The minimum Gasteiger partial charge on any atom is -0.409 e. The molecule has 1 aliphatic rings. The fraction of sp³-hybridized carbons (Fsp3) is 0.500. The largest absolute Gasteiger partial charge is 0.409 e. The average Bonchev–Trinajstić information content (AvgIpc) is 2.91. The molecule has 0 aromatic carbocycles. The molecule has 1 aromatic rings. The van der Waals surface area contributed by atoms with Gasteiger partial charge in [-0.05, 0) is 37.8 Å². The molecule has 0 amide bonds. The molecule has 0 bridgehead atoms. The molecule has 4 nitrogen and oxygen atoms in total. The van der Waals surface area contributed by atoms with Crippen LogP contribution in [0, 0.1) is 5.92 Å². The second-order valence-corrected chi connectivity index (χ2v) is 4.00. The van der Waals surface area contributed by atoms with Crippen molar-refractivity contribution < 1.29 is 5.21 Å². The zero-order valence-corrected chi connectivity index (χ0v) is 8.22. The molecule has 0 saturated heterocycles. The van der Waals surface area contributed by atoms with Crippen LogP contribution in [0.4, 0.5) is 0 Å². The van der Waals surface area contributed by atoms with Crippen LogP contribution in [-0.4, -0.2) is 15.6 Å². The van der Waals surface area contributed by atoms with Crippen LogP contribution in [0.25, 0.3) is 0 Å². The Bertz CT molecular complexity index is 340. The van der Waals surface area contributed by atoms with Crippen molar-refractivity contribution >= 4 is 5.84 Å². The summed E-state index contributed by atoms with van der Waals surface area (Å²) in [5.74, 6) is 0.780. The van der Waals surface area contributed by atoms with Crippen molar-refractivity contribution in [3.05, 3.63) is 24.5 Å². The summed E-state index contributed by atoms with van der Waals surface area (Å²) >= 11 is 0. The molecule has 1 aliphatic carbocycles. The minimum absolute atomic E-state index is 0.288. The maximum atomic E-state index is 8.80. The van der Waals surface area contributed by atoms with E-state index in [0.717, 1.165) is 12.8 Å². The van der Waals surface area contributed by atoms with E-state index in [1.165, 1.54) is 0 Å². The van der Waals surface area contributed by atoms with Crippen molar-refractivity contribution in [3.63, 3.8) is 0 Å². The standard InChI is InChI=1S/C10H15N3O/c1-10(8-4-5-8,9(11)12-14)13-6-2-3-7-13/h2-3,6-8,14H,4-5H2,1H3,(H2,11,12)/t10-/m0/s1. The van der Waals surface area contributed by atoms with E-state index >= 15 is 0 Å². The topological polar surface area (TPSA) is 63.5 Å². The Hall–Kier alpha value is -1.45. The fourth-order valence-electron chi connectivity index (χ4n) is 1.94.